The van der Waals surface area contributed by atoms with Gasteiger partial charge in [-0.05, 0) is 23.1 Å². The zero-order valence-electron chi connectivity index (χ0n) is 23.7. The van der Waals surface area contributed by atoms with E-state index < -0.39 is 60.7 Å². The number of carbonyl (C=O) groups is 6. The number of rotatable bonds is 11. The second kappa shape index (κ2) is 13.7. The average Bonchev–Trinajstić information content (AvgIpc) is 3.67. The fourth-order valence-electron chi connectivity index (χ4n) is 5.58. The maximum atomic E-state index is 13.8. The molecule has 3 aliphatic rings. The molecule has 0 saturated carbocycles. The Morgan fingerprint density at radius 3 is 2.48 bits per heavy atom. The van der Waals surface area contributed by atoms with Crippen molar-refractivity contribution in [3.05, 3.63) is 34.9 Å². The van der Waals surface area contributed by atoms with Gasteiger partial charge in [-0.3, -0.25) is 24.0 Å². The quantitative estimate of drug-likeness (QED) is 0.213. The van der Waals surface area contributed by atoms with Gasteiger partial charge < -0.3 is 36.2 Å². The van der Waals surface area contributed by atoms with Gasteiger partial charge in [0.1, 0.15) is 12.1 Å². The number of amides is 6. The molecule has 4 rings (SSSR count). The van der Waals surface area contributed by atoms with E-state index in [-0.39, 0.29) is 70.2 Å². The lowest BCUT2D eigenvalue weighted by Crippen LogP contribution is -2.46. The molecule has 2 fully saturated rings. The van der Waals surface area contributed by atoms with Crippen molar-refractivity contribution in [1.29, 1.82) is 5.26 Å². The molecule has 3 aliphatic heterocycles. The number of carbonyl (C=O) groups excluding carboxylic acids is 5. The molecule has 5 N–H and O–H groups in total. The van der Waals surface area contributed by atoms with Gasteiger partial charge in [0.2, 0.25) is 29.5 Å². The lowest BCUT2D eigenvalue weighted by Gasteiger charge is -2.22. The minimum atomic E-state index is -3.18. The molecular formula is C28H33F2N7O7. The maximum absolute atomic E-state index is 13.8. The summed E-state index contributed by atoms with van der Waals surface area (Å²) in [4.78, 5) is 75.5. The van der Waals surface area contributed by atoms with Gasteiger partial charge in [0.05, 0.1) is 12.6 Å². The van der Waals surface area contributed by atoms with Crippen molar-refractivity contribution in [3.63, 3.8) is 0 Å². The van der Waals surface area contributed by atoms with Gasteiger partial charge in [0.15, 0.2) is 0 Å². The molecule has 236 valence electrons. The molecule has 0 spiro atoms. The van der Waals surface area contributed by atoms with Crippen molar-refractivity contribution in [2.75, 3.05) is 19.6 Å². The summed E-state index contributed by atoms with van der Waals surface area (Å²) in [6, 6.07) is 4.80. The number of nitrogens with one attached hydrogen (secondary N) is 4. The van der Waals surface area contributed by atoms with E-state index in [0.29, 0.717) is 0 Å². The lowest BCUT2D eigenvalue weighted by molar-refractivity contribution is -0.135. The molecule has 0 bridgehead atoms. The molecule has 16 heteroatoms. The zero-order valence-corrected chi connectivity index (χ0v) is 23.7. The van der Waals surface area contributed by atoms with Crippen molar-refractivity contribution < 1.29 is 42.7 Å². The lowest BCUT2D eigenvalue weighted by atomic mass is 9.99. The number of benzene rings is 1. The van der Waals surface area contributed by atoms with E-state index in [2.05, 4.69) is 21.3 Å². The third-order valence-electron chi connectivity index (χ3n) is 7.84. The van der Waals surface area contributed by atoms with Crippen LogP contribution in [0.3, 0.4) is 0 Å². The summed E-state index contributed by atoms with van der Waals surface area (Å²) in [7, 11) is 0. The highest BCUT2D eigenvalue weighted by atomic mass is 19.3. The van der Waals surface area contributed by atoms with Gasteiger partial charge in [-0.1, -0.05) is 18.2 Å². The van der Waals surface area contributed by atoms with Gasteiger partial charge in [0.25, 0.3) is 5.92 Å². The number of alkyl halides is 2. The van der Waals surface area contributed by atoms with Crippen LogP contribution in [0.5, 0.6) is 0 Å². The zero-order chi connectivity index (χ0) is 32.0. The number of likely N-dealkylation sites (tertiary alicyclic amines) is 1. The molecule has 6 amide bonds. The Morgan fingerprint density at radius 2 is 1.77 bits per heavy atom. The van der Waals surface area contributed by atoms with Gasteiger partial charge in [-0.25, -0.2) is 13.6 Å². The van der Waals surface area contributed by atoms with Crippen LogP contribution in [0.4, 0.5) is 13.6 Å². The smallest absolute Gasteiger partial charge is 0.404 e. The van der Waals surface area contributed by atoms with Crippen LogP contribution < -0.4 is 21.3 Å². The summed E-state index contributed by atoms with van der Waals surface area (Å²) in [6.07, 6.45) is -2.32. The van der Waals surface area contributed by atoms with Crippen LogP contribution in [-0.2, 0) is 43.6 Å². The van der Waals surface area contributed by atoms with E-state index in [4.69, 9.17) is 5.11 Å². The molecule has 1 aromatic carbocycles. The van der Waals surface area contributed by atoms with Crippen molar-refractivity contribution in [2.24, 2.45) is 5.92 Å². The fraction of sp³-hybridized carbons (Fsp3) is 0.536. The summed E-state index contributed by atoms with van der Waals surface area (Å²) in [6.45, 7) is -0.0372. The standard InChI is InChI=1S/C28H33F2N7O7/c29-28(30)10-19(11-31)37(15-28)26(42)21-8-18(25(41)35-21)9-24(40)36-13-17-3-1-2-16(20(17)14-36)12-34-23(39)5-4-22(38)32-6-7-33-27(43)44/h1-3,18-19,21,33H,4-10,12-15H2,(H,32,38)(H,34,39)(H,35,41)(H,43,44)/t18-,19-,21-/m0/s1. The normalized spacial score (nSPS) is 21.7. The number of fused-ring (bicyclic) bond motifs is 1. The monoisotopic (exact) mass is 617 g/mol. The van der Waals surface area contributed by atoms with E-state index in [0.717, 1.165) is 21.6 Å². The number of hydrogen-bond donors (Lipinski definition) is 5. The second-order valence-corrected chi connectivity index (χ2v) is 11.0. The van der Waals surface area contributed by atoms with E-state index in [1.165, 1.54) is 0 Å². The summed E-state index contributed by atoms with van der Waals surface area (Å²) in [5, 5.41) is 27.6. The molecule has 3 heterocycles. The van der Waals surface area contributed by atoms with Crippen molar-refractivity contribution in [2.45, 2.75) is 69.7 Å². The summed E-state index contributed by atoms with van der Waals surface area (Å²) < 4.78 is 27.6. The summed E-state index contributed by atoms with van der Waals surface area (Å²) in [5.41, 5.74) is 2.52. The molecule has 1 aromatic rings. The molecule has 2 saturated heterocycles. The largest absolute Gasteiger partial charge is 0.465 e. The molecule has 44 heavy (non-hydrogen) atoms. The number of nitrogens with zero attached hydrogens (tertiary/aromatic N) is 3. The van der Waals surface area contributed by atoms with Crippen molar-refractivity contribution in [1.82, 2.24) is 31.1 Å². The highest BCUT2D eigenvalue weighted by Gasteiger charge is 2.50. The molecule has 0 aliphatic carbocycles. The van der Waals surface area contributed by atoms with Crippen LogP contribution in [-0.4, -0.2) is 88.2 Å². The number of nitriles is 1. The molecule has 0 aromatic heterocycles. The third-order valence-corrected chi connectivity index (χ3v) is 7.84. The predicted molar refractivity (Wildman–Crippen MR) is 146 cm³/mol. The Balaban J connectivity index is 1.24. The van der Waals surface area contributed by atoms with Gasteiger partial charge in [0, 0.05) is 64.3 Å². The van der Waals surface area contributed by atoms with Gasteiger partial charge >= 0.3 is 6.09 Å². The highest BCUT2D eigenvalue weighted by Crippen LogP contribution is 2.34. The molecule has 14 nitrogen and oxygen atoms in total. The van der Waals surface area contributed by atoms with E-state index in [1.807, 2.05) is 12.1 Å². The molecule has 3 atom stereocenters. The topological polar surface area (TPSA) is 201 Å². The molecule has 0 unspecified atom stereocenters. The van der Waals surface area contributed by atoms with Crippen molar-refractivity contribution in [3.8, 4) is 6.07 Å². The Bertz CT molecular complexity index is 1380. The van der Waals surface area contributed by atoms with Crippen molar-refractivity contribution >= 4 is 35.6 Å². The van der Waals surface area contributed by atoms with Crippen LogP contribution >= 0.6 is 0 Å². The number of halogens is 2. The first-order valence-electron chi connectivity index (χ1n) is 14.1. The number of carboxylic acid groups (broad SMARTS) is 1. The maximum Gasteiger partial charge on any atom is 0.404 e. The second-order valence-electron chi connectivity index (χ2n) is 11.0. The minimum absolute atomic E-state index is 0.0427. The van der Waals surface area contributed by atoms with Crippen LogP contribution in [0.25, 0.3) is 0 Å². The SMILES string of the molecule is N#C[C@@H]1CC(F)(F)CN1C(=O)[C@@H]1C[C@@H](CC(=O)N2Cc3cccc(CNC(=O)CCC(=O)NCCNC(=O)O)c3C2)C(=O)N1. The Labute approximate surface area is 251 Å². The Hall–Kier alpha value is -4.81. The van der Waals surface area contributed by atoms with E-state index in [1.54, 1.807) is 17.0 Å². The Kier molecular flexibility index (Phi) is 9.97. The number of hydrogen-bond acceptors (Lipinski definition) is 7. The first kappa shape index (κ1) is 32.1. The minimum Gasteiger partial charge on any atom is -0.465 e. The first-order valence-corrected chi connectivity index (χ1v) is 14.1. The average molecular weight is 618 g/mol. The van der Waals surface area contributed by atoms with Gasteiger partial charge in [-0.15, -0.1) is 0 Å². The third kappa shape index (κ3) is 7.97. The van der Waals surface area contributed by atoms with E-state index >= 15 is 0 Å². The molecule has 0 radical (unpaired) electrons. The molecular weight excluding hydrogens is 584 g/mol. The van der Waals surface area contributed by atoms with Crippen LogP contribution in [0.15, 0.2) is 18.2 Å². The van der Waals surface area contributed by atoms with E-state index in [9.17, 15) is 42.8 Å². The van der Waals surface area contributed by atoms with Crippen LogP contribution in [0.2, 0.25) is 0 Å². The van der Waals surface area contributed by atoms with Crippen LogP contribution in [0, 0.1) is 17.2 Å². The highest BCUT2D eigenvalue weighted by molar-refractivity contribution is 5.94. The predicted octanol–water partition coefficient (Wildman–Crippen LogP) is -0.0364. The fourth-order valence-corrected chi connectivity index (χ4v) is 5.58. The van der Waals surface area contributed by atoms with Gasteiger partial charge in [-0.2, -0.15) is 5.26 Å². The van der Waals surface area contributed by atoms with Crippen LogP contribution in [0.1, 0.15) is 48.8 Å². The Morgan fingerprint density at radius 1 is 1.07 bits per heavy atom. The first-order chi connectivity index (χ1) is 20.9. The summed E-state index contributed by atoms with van der Waals surface area (Å²) >= 11 is 0. The summed E-state index contributed by atoms with van der Waals surface area (Å²) in [5.74, 6) is -6.36.